The molecule has 1 rings (SSSR count). The zero-order valence-electron chi connectivity index (χ0n) is 11.8. The maximum absolute atomic E-state index is 3.60. The van der Waals surface area contributed by atoms with E-state index >= 15 is 0 Å². The van der Waals surface area contributed by atoms with Crippen LogP contribution in [0.4, 0.5) is 0 Å². The standard InChI is InChI=1S/C16H27N/c1-13(2)10-11-17-15(4)8-9-16-7-5-6-14(3)12-16/h5-7,12-13,15,17H,8-11H2,1-4H3. The van der Waals surface area contributed by atoms with E-state index < -0.39 is 0 Å². The molecule has 0 radical (unpaired) electrons. The molecule has 1 nitrogen and oxygen atoms in total. The fourth-order valence-electron chi connectivity index (χ4n) is 1.97. The first kappa shape index (κ1) is 14.2. The van der Waals surface area contributed by atoms with Gasteiger partial charge in [-0.05, 0) is 51.1 Å². The van der Waals surface area contributed by atoms with Crippen LogP contribution in [0.2, 0.25) is 0 Å². The predicted octanol–water partition coefficient (Wildman–Crippen LogP) is 3.95. The molecule has 0 aliphatic rings. The fourth-order valence-corrected chi connectivity index (χ4v) is 1.97. The fraction of sp³-hybridized carbons (Fsp3) is 0.625. The van der Waals surface area contributed by atoms with Gasteiger partial charge in [0.2, 0.25) is 0 Å². The number of nitrogens with one attached hydrogen (secondary N) is 1. The first-order valence-corrected chi connectivity index (χ1v) is 6.87. The van der Waals surface area contributed by atoms with Crippen LogP contribution in [-0.4, -0.2) is 12.6 Å². The van der Waals surface area contributed by atoms with E-state index in [1.165, 1.54) is 30.4 Å². The molecular formula is C16H27N. The summed E-state index contributed by atoms with van der Waals surface area (Å²) in [6.45, 7) is 10.1. The van der Waals surface area contributed by atoms with E-state index in [1.54, 1.807) is 0 Å². The Bertz CT molecular complexity index is 317. The van der Waals surface area contributed by atoms with Gasteiger partial charge in [0.05, 0.1) is 0 Å². The van der Waals surface area contributed by atoms with Crippen molar-refractivity contribution >= 4 is 0 Å². The normalized spacial score (nSPS) is 13.0. The molecule has 17 heavy (non-hydrogen) atoms. The monoisotopic (exact) mass is 233 g/mol. The highest BCUT2D eigenvalue weighted by atomic mass is 14.9. The van der Waals surface area contributed by atoms with Gasteiger partial charge in [-0.15, -0.1) is 0 Å². The molecule has 0 saturated heterocycles. The van der Waals surface area contributed by atoms with E-state index in [0.717, 1.165) is 12.5 Å². The minimum Gasteiger partial charge on any atom is -0.314 e. The van der Waals surface area contributed by atoms with Crippen molar-refractivity contribution in [2.24, 2.45) is 5.92 Å². The van der Waals surface area contributed by atoms with E-state index in [2.05, 4.69) is 57.3 Å². The summed E-state index contributed by atoms with van der Waals surface area (Å²) in [6, 6.07) is 9.46. The molecule has 1 atom stereocenters. The van der Waals surface area contributed by atoms with Crippen LogP contribution >= 0.6 is 0 Å². The Hall–Kier alpha value is -0.820. The van der Waals surface area contributed by atoms with Crippen molar-refractivity contribution in [2.75, 3.05) is 6.54 Å². The van der Waals surface area contributed by atoms with E-state index in [9.17, 15) is 0 Å². The van der Waals surface area contributed by atoms with Gasteiger partial charge < -0.3 is 5.32 Å². The third-order valence-electron chi connectivity index (χ3n) is 3.16. The molecule has 0 spiro atoms. The topological polar surface area (TPSA) is 12.0 Å². The van der Waals surface area contributed by atoms with Gasteiger partial charge in [-0.2, -0.15) is 0 Å². The van der Waals surface area contributed by atoms with E-state index in [1.807, 2.05) is 0 Å². The molecule has 0 aliphatic carbocycles. The second kappa shape index (κ2) is 7.50. The third-order valence-corrected chi connectivity index (χ3v) is 3.16. The summed E-state index contributed by atoms with van der Waals surface area (Å²) in [7, 11) is 0. The SMILES string of the molecule is Cc1cccc(CCC(C)NCCC(C)C)c1. The summed E-state index contributed by atoms with van der Waals surface area (Å²) in [4.78, 5) is 0. The molecule has 0 heterocycles. The van der Waals surface area contributed by atoms with Crippen molar-refractivity contribution < 1.29 is 0 Å². The van der Waals surface area contributed by atoms with E-state index in [4.69, 9.17) is 0 Å². The molecule has 0 aromatic heterocycles. The summed E-state index contributed by atoms with van der Waals surface area (Å²) < 4.78 is 0. The van der Waals surface area contributed by atoms with Gasteiger partial charge >= 0.3 is 0 Å². The van der Waals surface area contributed by atoms with Gasteiger partial charge in [-0.25, -0.2) is 0 Å². The van der Waals surface area contributed by atoms with Gasteiger partial charge in [-0.3, -0.25) is 0 Å². The summed E-state index contributed by atoms with van der Waals surface area (Å²) in [6.07, 6.45) is 3.67. The van der Waals surface area contributed by atoms with Crippen LogP contribution in [-0.2, 0) is 6.42 Å². The van der Waals surface area contributed by atoms with Crippen molar-refractivity contribution in [3.8, 4) is 0 Å². The minimum atomic E-state index is 0.620. The van der Waals surface area contributed by atoms with Crippen LogP contribution in [0.1, 0.15) is 44.7 Å². The zero-order chi connectivity index (χ0) is 12.7. The number of hydrogen-bond donors (Lipinski definition) is 1. The second-order valence-electron chi connectivity index (χ2n) is 5.57. The number of rotatable bonds is 7. The quantitative estimate of drug-likeness (QED) is 0.752. The molecule has 1 N–H and O–H groups in total. The van der Waals surface area contributed by atoms with Gasteiger partial charge in [-0.1, -0.05) is 43.7 Å². The van der Waals surface area contributed by atoms with Crippen LogP contribution in [0.5, 0.6) is 0 Å². The lowest BCUT2D eigenvalue weighted by Gasteiger charge is -2.14. The maximum Gasteiger partial charge on any atom is 0.00418 e. The second-order valence-corrected chi connectivity index (χ2v) is 5.57. The molecule has 96 valence electrons. The van der Waals surface area contributed by atoms with Crippen molar-refractivity contribution in [3.63, 3.8) is 0 Å². The molecule has 1 heteroatoms. The van der Waals surface area contributed by atoms with Crippen molar-refractivity contribution in [3.05, 3.63) is 35.4 Å². The highest BCUT2D eigenvalue weighted by Crippen LogP contribution is 2.08. The summed E-state index contributed by atoms with van der Waals surface area (Å²) in [5.74, 6) is 0.798. The van der Waals surface area contributed by atoms with Crippen molar-refractivity contribution in [1.29, 1.82) is 0 Å². The van der Waals surface area contributed by atoms with Gasteiger partial charge in [0, 0.05) is 6.04 Å². The molecule has 1 unspecified atom stereocenters. The summed E-state index contributed by atoms with van der Waals surface area (Å²) >= 11 is 0. The van der Waals surface area contributed by atoms with Crippen LogP contribution in [0.15, 0.2) is 24.3 Å². The smallest absolute Gasteiger partial charge is 0.00418 e. The van der Waals surface area contributed by atoms with Crippen LogP contribution in [0.25, 0.3) is 0 Å². The highest BCUT2D eigenvalue weighted by Gasteiger charge is 2.02. The molecule has 1 aromatic carbocycles. The number of hydrogen-bond acceptors (Lipinski definition) is 1. The zero-order valence-corrected chi connectivity index (χ0v) is 11.8. The van der Waals surface area contributed by atoms with Crippen LogP contribution < -0.4 is 5.32 Å². The van der Waals surface area contributed by atoms with Crippen LogP contribution in [0.3, 0.4) is 0 Å². The first-order chi connectivity index (χ1) is 8.08. The lowest BCUT2D eigenvalue weighted by atomic mass is 10.0. The van der Waals surface area contributed by atoms with Gasteiger partial charge in [0.1, 0.15) is 0 Å². The molecule has 0 amide bonds. The largest absolute Gasteiger partial charge is 0.314 e. The lowest BCUT2D eigenvalue weighted by Crippen LogP contribution is -2.28. The number of aryl methyl sites for hydroxylation is 2. The minimum absolute atomic E-state index is 0.620. The average Bonchev–Trinajstić information content (AvgIpc) is 2.26. The van der Waals surface area contributed by atoms with E-state index in [-0.39, 0.29) is 0 Å². The molecule has 0 aliphatic heterocycles. The third kappa shape index (κ3) is 6.48. The van der Waals surface area contributed by atoms with Crippen molar-refractivity contribution in [2.45, 2.75) is 53.0 Å². The summed E-state index contributed by atoms with van der Waals surface area (Å²) in [5.41, 5.74) is 2.82. The molecular weight excluding hydrogens is 206 g/mol. The predicted molar refractivity (Wildman–Crippen MR) is 76.4 cm³/mol. The Morgan fingerprint density at radius 2 is 1.88 bits per heavy atom. The Morgan fingerprint density at radius 1 is 1.12 bits per heavy atom. The molecule has 1 aromatic rings. The molecule has 0 bridgehead atoms. The Kier molecular flexibility index (Phi) is 6.28. The molecule has 0 fully saturated rings. The Balaban J connectivity index is 2.21. The molecule has 0 saturated carbocycles. The van der Waals surface area contributed by atoms with Gasteiger partial charge in [0.25, 0.3) is 0 Å². The Labute approximate surface area is 107 Å². The maximum atomic E-state index is 3.60. The summed E-state index contributed by atoms with van der Waals surface area (Å²) in [5, 5.41) is 3.60. The van der Waals surface area contributed by atoms with E-state index in [0.29, 0.717) is 6.04 Å². The Morgan fingerprint density at radius 3 is 2.53 bits per heavy atom. The lowest BCUT2D eigenvalue weighted by molar-refractivity contribution is 0.469. The number of benzene rings is 1. The van der Waals surface area contributed by atoms with Gasteiger partial charge in [0.15, 0.2) is 0 Å². The highest BCUT2D eigenvalue weighted by molar-refractivity contribution is 5.22. The average molecular weight is 233 g/mol. The first-order valence-electron chi connectivity index (χ1n) is 6.87. The van der Waals surface area contributed by atoms with Crippen molar-refractivity contribution in [1.82, 2.24) is 5.32 Å². The van der Waals surface area contributed by atoms with Crippen LogP contribution in [0, 0.1) is 12.8 Å².